The van der Waals surface area contributed by atoms with Gasteiger partial charge in [-0.1, -0.05) is 30.7 Å². The summed E-state index contributed by atoms with van der Waals surface area (Å²) in [7, 11) is 0. The molecule has 21 heavy (non-hydrogen) atoms. The summed E-state index contributed by atoms with van der Waals surface area (Å²) in [6.07, 6.45) is 5.79. The van der Waals surface area contributed by atoms with Crippen molar-refractivity contribution in [3.63, 3.8) is 0 Å². The van der Waals surface area contributed by atoms with Gasteiger partial charge in [0.05, 0.1) is 0 Å². The van der Waals surface area contributed by atoms with Gasteiger partial charge in [-0.05, 0) is 67.6 Å². The van der Waals surface area contributed by atoms with E-state index < -0.39 is 0 Å². The van der Waals surface area contributed by atoms with Crippen LogP contribution in [0.2, 0.25) is 5.02 Å². The van der Waals surface area contributed by atoms with Crippen LogP contribution in [-0.4, -0.2) is 11.5 Å². The van der Waals surface area contributed by atoms with E-state index in [1.807, 2.05) is 18.5 Å². The average Bonchev–Trinajstić information content (AvgIpc) is 2.46. The maximum absolute atomic E-state index is 6.39. The molecule has 1 unspecified atom stereocenters. The van der Waals surface area contributed by atoms with E-state index in [0.29, 0.717) is 0 Å². The molecule has 0 fully saturated rings. The number of aromatic nitrogens is 1. The molecule has 1 aromatic heterocycles. The third-order valence-electron chi connectivity index (χ3n) is 3.73. The first-order chi connectivity index (χ1) is 10.1. The Bertz CT molecular complexity index is 596. The number of nitrogens with one attached hydrogen (secondary N) is 1. The molecule has 0 bridgehead atoms. The normalized spacial score (nSPS) is 12.4. The third-order valence-corrected chi connectivity index (χ3v) is 4.08. The first-order valence-electron chi connectivity index (χ1n) is 7.50. The lowest BCUT2D eigenvalue weighted by atomic mass is 9.96. The van der Waals surface area contributed by atoms with Gasteiger partial charge in [0.2, 0.25) is 0 Å². The zero-order valence-corrected chi connectivity index (χ0v) is 13.7. The fourth-order valence-corrected chi connectivity index (χ4v) is 2.80. The van der Waals surface area contributed by atoms with Gasteiger partial charge in [0.25, 0.3) is 0 Å². The minimum atomic E-state index is 0.249. The number of rotatable bonds is 6. The summed E-state index contributed by atoms with van der Waals surface area (Å²) in [4.78, 5) is 4.28. The Kier molecular flexibility index (Phi) is 5.77. The Morgan fingerprint density at radius 3 is 2.71 bits per heavy atom. The molecule has 1 N–H and O–H groups in total. The molecule has 112 valence electrons. The lowest BCUT2D eigenvalue weighted by Crippen LogP contribution is -2.25. The Morgan fingerprint density at radius 2 is 2.05 bits per heavy atom. The van der Waals surface area contributed by atoms with Gasteiger partial charge in [-0.15, -0.1) is 0 Å². The summed E-state index contributed by atoms with van der Waals surface area (Å²) >= 11 is 6.39. The van der Waals surface area contributed by atoms with Crippen molar-refractivity contribution in [1.82, 2.24) is 10.3 Å². The van der Waals surface area contributed by atoms with Gasteiger partial charge in [-0.2, -0.15) is 0 Å². The minimum absolute atomic E-state index is 0.249. The molecule has 0 radical (unpaired) electrons. The molecule has 0 spiro atoms. The van der Waals surface area contributed by atoms with Gasteiger partial charge < -0.3 is 5.32 Å². The Labute approximate surface area is 132 Å². The van der Waals surface area contributed by atoms with E-state index in [2.05, 4.69) is 49.3 Å². The molecule has 0 aliphatic heterocycles. The second kappa shape index (κ2) is 7.58. The monoisotopic (exact) mass is 302 g/mol. The van der Waals surface area contributed by atoms with Crippen LogP contribution in [0.15, 0.2) is 36.7 Å². The maximum atomic E-state index is 6.39. The lowest BCUT2D eigenvalue weighted by Gasteiger charge is -2.21. The molecular weight excluding hydrogens is 280 g/mol. The van der Waals surface area contributed by atoms with Crippen molar-refractivity contribution in [2.24, 2.45) is 0 Å². The predicted octanol–water partition coefficient (Wildman–Crippen LogP) is 4.64. The van der Waals surface area contributed by atoms with Crippen molar-refractivity contribution in [2.75, 3.05) is 6.54 Å². The largest absolute Gasteiger partial charge is 0.310 e. The topological polar surface area (TPSA) is 24.9 Å². The van der Waals surface area contributed by atoms with E-state index in [4.69, 9.17) is 11.6 Å². The summed E-state index contributed by atoms with van der Waals surface area (Å²) in [6.45, 7) is 7.36. The molecular formula is C18H23ClN2. The van der Waals surface area contributed by atoms with Gasteiger partial charge in [0, 0.05) is 23.5 Å². The average molecular weight is 303 g/mol. The van der Waals surface area contributed by atoms with E-state index in [1.54, 1.807) is 0 Å². The van der Waals surface area contributed by atoms with Crippen LogP contribution in [0.1, 0.15) is 41.6 Å². The van der Waals surface area contributed by atoms with Gasteiger partial charge in [0.15, 0.2) is 0 Å². The van der Waals surface area contributed by atoms with E-state index in [-0.39, 0.29) is 6.04 Å². The van der Waals surface area contributed by atoms with Crippen molar-refractivity contribution < 1.29 is 0 Å². The predicted molar refractivity (Wildman–Crippen MR) is 89.9 cm³/mol. The smallest absolute Gasteiger partial charge is 0.0441 e. The fraction of sp³-hybridized carbons (Fsp3) is 0.389. The van der Waals surface area contributed by atoms with Gasteiger partial charge >= 0.3 is 0 Å². The number of nitrogens with zero attached hydrogens (tertiary/aromatic N) is 1. The van der Waals surface area contributed by atoms with Crippen molar-refractivity contribution in [3.05, 3.63) is 63.9 Å². The molecule has 0 amide bonds. The fourth-order valence-electron chi connectivity index (χ4n) is 2.49. The number of hydrogen-bond donors (Lipinski definition) is 1. The maximum Gasteiger partial charge on any atom is 0.0441 e. The molecule has 2 rings (SSSR count). The molecule has 0 aliphatic rings. The van der Waals surface area contributed by atoms with E-state index >= 15 is 0 Å². The second-order valence-electron chi connectivity index (χ2n) is 5.54. The highest BCUT2D eigenvalue weighted by molar-refractivity contribution is 6.31. The molecule has 0 saturated carbocycles. The van der Waals surface area contributed by atoms with Crippen molar-refractivity contribution in [2.45, 2.75) is 39.7 Å². The molecule has 2 nitrogen and oxygen atoms in total. The van der Waals surface area contributed by atoms with E-state index in [1.165, 1.54) is 22.3 Å². The number of aryl methyl sites for hydroxylation is 2. The summed E-state index contributed by atoms with van der Waals surface area (Å²) in [5.74, 6) is 0. The van der Waals surface area contributed by atoms with Crippen LogP contribution in [-0.2, 0) is 6.42 Å². The molecule has 1 atom stereocenters. The Morgan fingerprint density at radius 1 is 1.24 bits per heavy atom. The summed E-state index contributed by atoms with van der Waals surface area (Å²) in [5.41, 5.74) is 4.89. The van der Waals surface area contributed by atoms with E-state index in [0.717, 1.165) is 24.4 Å². The zero-order chi connectivity index (χ0) is 15.2. The highest BCUT2D eigenvalue weighted by atomic mass is 35.5. The number of hydrogen-bond acceptors (Lipinski definition) is 2. The molecule has 0 aliphatic carbocycles. The summed E-state index contributed by atoms with van der Waals surface area (Å²) in [5, 5.41) is 4.47. The van der Waals surface area contributed by atoms with Gasteiger partial charge in [-0.3, -0.25) is 4.98 Å². The van der Waals surface area contributed by atoms with E-state index in [9.17, 15) is 0 Å². The Hall–Kier alpha value is -1.38. The summed E-state index contributed by atoms with van der Waals surface area (Å²) < 4.78 is 0. The number of pyridine rings is 1. The van der Waals surface area contributed by atoms with Crippen molar-refractivity contribution in [3.8, 4) is 0 Å². The molecule has 0 saturated heterocycles. The van der Waals surface area contributed by atoms with Crippen LogP contribution in [0.4, 0.5) is 0 Å². The first-order valence-corrected chi connectivity index (χ1v) is 7.88. The van der Waals surface area contributed by atoms with Crippen LogP contribution in [0.5, 0.6) is 0 Å². The van der Waals surface area contributed by atoms with Gasteiger partial charge in [-0.25, -0.2) is 0 Å². The molecule has 1 aromatic carbocycles. The van der Waals surface area contributed by atoms with Gasteiger partial charge in [0.1, 0.15) is 0 Å². The highest BCUT2D eigenvalue weighted by Crippen LogP contribution is 2.25. The highest BCUT2D eigenvalue weighted by Gasteiger charge is 2.15. The Balaban J connectivity index is 2.26. The second-order valence-corrected chi connectivity index (χ2v) is 5.95. The first kappa shape index (κ1) is 16.0. The standard InChI is InChI=1S/C18H23ClN2/c1-4-8-21-18(16-12-20-9-7-14(16)3)11-15-6-5-13(2)10-17(15)19/h5-7,9-10,12,18,21H,4,8,11H2,1-3H3. The van der Waals surface area contributed by atoms with Crippen LogP contribution >= 0.6 is 11.6 Å². The van der Waals surface area contributed by atoms with Crippen LogP contribution in [0, 0.1) is 13.8 Å². The molecule has 3 heteroatoms. The quantitative estimate of drug-likeness (QED) is 0.841. The molecule has 1 heterocycles. The summed E-state index contributed by atoms with van der Waals surface area (Å²) in [6, 6.07) is 8.59. The van der Waals surface area contributed by atoms with Crippen molar-refractivity contribution in [1.29, 1.82) is 0 Å². The van der Waals surface area contributed by atoms with Crippen LogP contribution in [0.3, 0.4) is 0 Å². The lowest BCUT2D eigenvalue weighted by molar-refractivity contribution is 0.526. The van der Waals surface area contributed by atoms with Crippen LogP contribution < -0.4 is 5.32 Å². The number of halogens is 1. The number of benzene rings is 1. The zero-order valence-electron chi connectivity index (χ0n) is 13.0. The van der Waals surface area contributed by atoms with Crippen LogP contribution in [0.25, 0.3) is 0 Å². The SMILES string of the molecule is CCCNC(Cc1ccc(C)cc1Cl)c1cnccc1C. The molecule has 2 aromatic rings. The minimum Gasteiger partial charge on any atom is -0.310 e. The van der Waals surface area contributed by atoms with Crippen molar-refractivity contribution >= 4 is 11.6 Å². The third kappa shape index (κ3) is 4.29.